The molecule has 1 heterocycles. The van der Waals surface area contributed by atoms with Crippen molar-refractivity contribution in [3.8, 4) is 0 Å². The van der Waals surface area contributed by atoms with Crippen LogP contribution in [0, 0.1) is 5.92 Å². The van der Waals surface area contributed by atoms with Crippen LogP contribution in [0.25, 0.3) is 0 Å². The molecule has 1 fully saturated rings. The molecule has 1 atom stereocenters. The highest BCUT2D eigenvalue weighted by Gasteiger charge is 2.12. The third-order valence-electron chi connectivity index (χ3n) is 2.83. The van der Waals surface area contributed by atoms with E-state index in [2.05, 4.69) is 24.5 Å². The first-order valence-corrected chi connectivity index (χ1v) is 8.27. The molecule has 2 heteroatoms. The largest absolute Gasteiger partial charge is 0.317 e. The van der Waals surface area contributed by atoms with E-state index >= 15 is 0 Å². The van der Waals surface area contributed by atoms with Gasteiger partial charge in [0.25, 0.3) is 0 Å². The Morgan fingerprint density at radius 1 is 1.00 bits per heavy atom. The Bertz CT molecular complexity index is 110. The monoisotopic (exact) mass is 260 g/mol. The Morgan fingerprint density at radius 3 is 1.83 bits per heavy atom. The number of hydrogen-bond acceptors (Lipinski definition) is 2. The van der Waals surface area contributed by atoms with Crippen molar-refractivity contribution >= 4 is 0 Å². The summed E-state index contributed by atoms with van der Waals surface area (Å²) >= 11 is 0. The second-order valence-electron chi connectivity index (χ2n) is 3.91. The smallest absolute Gasteiger partial charge is 0.00362 e. The molecule has 114 valence electrons. The maximum absolute atomic E-state index is 3.57. The van der Waals surface area contributed by atoms with Gasteiger partial charge in [-0.3, -0.25) is 0 Å². The third-order valence-corrected chi connectivity index (χ3v) is 2.83. The van der Waals surface area contributed by atoms with E-state index in [1.807, 2.05) is 41.5 Å². The first-order valence-electron chi connectivity index (χ1n) is 8.27. The number of rotatable bonds is 4. The van der Waals surface area contributed by atoms with E-state index in [4.69, 9.17) is 0 Å². The standard InChI is InChI=1S/C10H22N2.3C2H6/c1-3-9(2)12-8-10-4-6-11-7-5-10;3*1-2/h9-12H,3-8H2,1-2H3;3*1-2H3. The molecule has 0 aliphatic carbocycles. The molecule has 0 aromatic carbocycles. The van der Waals surface area contributed by atoms with Gasteiger partial charge >= 0.3 is 0 Å². The molecule has 0 radical (unpaired) electrons. The summed E-state index contributed by atoms with van der Waals surface area (Å²) < 4.78 is 0. The summed E-state index contributed by atoms with van der Waals surface area (Å²) in [6.07, 6.45) is 3.94. The first-order chi connectivity index (χ1) is 8.83. The van der Waals surface area contributed by atoms with Crippen LogP contribution in [-0.2, 0) is 0 Å². The van der Waals surface area contributed by atoms with Gasteiger partial charge in [0.2, 0.25) is 0 Å². The Hall–Kier alpha value is -0.0800. The summed E-state index contributed by atoms with van der Waals surface area (Å²) in [6, 6.07) is 0.694. The van der Waals surface area contributed by atoms with E-state index in [1.54, 1.807) is 0 Å². The molecular formula is C16H40N2. The van der Waals surface area contributed by atoms with Crippen molar-refractivity contribution in [1.29, 1.82) is 0 Å². The Kier molecular flexibility index (Phi) is 28.3. The van der Waals surface area contributed by atoms with Crippen molar-refractivity contribution in [2.24, 2.45) is 5.92 Å². The summed E-state index contributed by atoms with van der Waals surface area (Å²) in [5, 5.41) is 6.96. The van der Waals surface area contributed by atoms with Gasteiger partial charge in [0.05, 0.1) is 0 Å². The molecule has 0 aromatic rings. The SMILES string of the molecule is CC.CC.CC.CCC(C)NCC1CCNCC1. The maximum Gasteiger partial charge on any atom is 0.00362 e. The quantitative estimate of drug-likeness (QED) is 0.780. The van der Waals surface area contributed by atoms with Crippen LogP contribution in [0.2, 0.25) is 0 Å². The van der Waals surface area contributed by atoms with E-state index < -0.39 is 0 Å². The van der Waals surface area contributed by atoms with Gasteiger partial charge in [0.1, 0.15) is 0 Å². The second-order valence-corrected chi connectivity index (χ2v) is 3.91. The molecule has 18 heavy (non-hydrogen) atoms. The van der Waals surface area contributed by atoms with E-state index in [0.29, 0.717) is 6.04 Å². The summed E-state index contributed by atoms with van der Waals surface area (Å²) in [7, 11) is 0. The number of nitrogens with one attached hydrogen (secondary N) is 2. The highest BCUT2D eigenvalue weighted by atomic mass is 14.9. The molecule has 1 aliphatic heterocycles. The molecule has 2 N–H and O–H groups in total. The zero-order valence-electron chi connectivity index (χ0n) is 14.4. The van der Waals surface area contributed by atoms with Crippen LogP contribution in [0.1, 0.15) is 74.7 Å². The fraction of sp³-hybridized carbons (Fsp3) is 1.00. The van der Waals surface area contributed by atoms with Crippen molar-refractivity contribution in [1.82, 2.24) is 10.6 Å². The van der Waals surface area contributed by atoms with Gasteiger partial charge in [0, 0.05) is 6.04 Å². The summed E-state index contributed by atoms with van der Waals surface area (Å²) in [4.78, 5) is 0. The zero-order valence-corrected chi connectivity index (χ0v) is 14.4. The van der Waals surface area contributed by atoms with Crippen LogP contribution in [0.15, 0.2) is 0 Å². The molecule has 1 rings (SSSR count). The minimum absolute atomic E-state index is 0.694. The molecule has 1 unspecified atom stereocenters. The zero-order chi connectivity index (χ0) is 14.8. The summed E-state index contributed by atoms with van der Waals surface area (Å²) in [5.41, 5.74) is 0. The molecular weight excluding hydrogens is 220 g/mol. The van der Waals surface area contributed by atoms with Gasteiger partial charge in [-0.25, -0.2) is 0 Å². The van der Waals surface area contributed by atoms with E-state index in [0.717, 1.165) is 5.92 Å². The predicted octanol–water partition coefficient (Wildman–Crippen LogP) is 4.45. The minimum Gasteiger partial charge on any atom is -0.317 e. The lowest BCUT2D eigenvalue weighted by Gasteiger charge is -2.24. The fourth-order valence-electron chi connectivity index (χ4n) is 1.60. The lowest BCUT2D eigenvalue weighted by molar-refractivity contribution is 0.341. The molecule has 2 nitrogen and oxygen atoms in total. The Morgan fingerprint density at radius 2 is 1.44 bits per heavy atom. The van der Waals surface area contributed by atoms with Gasteiger partial charge in [-0.05, 0) is 51.7 Å². The summed E-state index contributed by atoms with van der Waals surface area (Å²) in [5.74, 6) is 0.917. The van der Waals surface area contributed by atoms with Crippen molar-refractivity contribution in [3.63, 3.8) is 0 Å². The lowest BCUT2D eigenvalue weighted by atomic mass is 9.98. The molecule has 0 spiro atoms. The van der Waals surface area contributed by atoms with Crippen molar-refractivity contribution in [2.75, 3.05) is 19.6 Å². The van der Waals surface area contributed by atoms with Gasteiger partial charge < -0.3 is 10.6 Å². The summed E-state index contributed by atoms with van der Waals surface area (Å²) in [6.45, 7) is 20.2. The van der Waals surface area contributed by atoms with E-state index in [9.17, 15) is 0 Å². The van der Waals surface area contributed by atoms with Crippen LogP contribution >= 0.6 is 0 Å². The predicted molar refractivity (Wildman–Crippen MR) is 87.4 cm³/mol. The van der Waals surface area contributed by atoms with Crippen LogP contribution in [-0.4, -0.2) is 25.7 Å². The molecule has 0 amide bonds. The van der Waals surface area contributed by atoms with E-state index in [-0.39, 0.29) is 0 Å². The fourth-order valence-corrected chi connectivity index (χ4v) is 1.60. The molecule has 0 bridgehead atoms. The van der Waals surface area contributed by atoms with Crippen LogP contribution in [0.3, 0.4) is 0 Å². The van der Waals surface area contributed by atoms with Gasteiger partial charge in [-0.2, -0.15) is 0 Å². The van der Waals surface area contributed by atoms with Gasteiger partial charge in [-0.15, -0.1) is 0 Å². The van der Waals surface area contributed by atoms with Crippen LogP contribution < -0.4 is 10.6 Å². The Labute approximate surface area is 117 Å². The normalized spacial score (nSPS) is 16.0. The third kappa shape index (κ3) is 15.9. The molecule has 1 aliphatic rings. The lowest BCUT2D eigenvalue weighted by Crippen LogP contribution is -2.36. The van der Waals surface area contributed by atoms with Crippen LogP contribution in [0.5, 0.6) is 0 Å². The average Bonchev–Trinajstić information content (AvgIpc) is 2.52. The minimum atomic E-state index is 0.694. The Balaban J connectivity index is -0.000000328. The van der Waals surface area contributed by atoms with Crippen molar-refractivity contribution < 1.29 is 0 Å². The van der Waals surface area contributed by atoms with Gasteiger partial charge in [-0.1, -0.05) is 48.5 Å². The molecule has 1 saturated heterocycles. The first kappa shape index (κ1) is 23.0. The number of hydrogen-bond donors (Lipinski definition) is 2. The highest BCUT2D eigenvalue weighted by Crippen LogP contribution is 2.10. The van der Waals surface area contributed by atoms with Gasteiger partial charge in [0.15, 0.2) is 0 Å². The average molecular weight is 261 g/mol. The second kappa shape index (κ2) is 22.1. The molecule has 0 aromatic heterocycles. The van der Waals surface area contributed by atoms with E-state index in [1.165, 1.54) is 38.9 Å². The van der Waals surface area contributed by atoms with Crippen molar-refractivity contribution in [2.45, 2.75) is 80.7 Å². The van der Waals surface area contributed by atoms with Crippen LogP contribution in [0.4, 0.5) is 0 Å². The topological polar surface area (TPSA) is 24.1 Å². The highest BCUT2D eigenvalue weighted by molar-refractivity contribution is 4.71. The molecule has 0 saturated carbocycles. The maximum atomic E-state index is 3.57. The number of piperidine rings is 1. The van der Waals surface area contributed by atoms with Crippen molar-refractivity contribution in [3.05, 3.63) is 0 Å².